The zero-order chi connectivity index (χ0) is 12.3. The summed E-state index contributed by atoms with van der Waals surface area (Å²) in [5.74, 6) is 1.38. The summed E-state index contributed by atoms with van der Waals surface area (Å²) >= 11 is 0. The van der Waals surface area contributed by atoms with E-state index in [1.54, 1.807) is 0 Å². The molecule has 1 aliphatic rings. The van der Waals surface area contributed by atoms with Gasteiger partial charge in [0, 0.05) is 25.0 Å². The molecule has 1 N–H and O–H groups in total. The fraction of sp³-hybridized carbons (Fsp3) is 0.833. The van der Waals surface area contributed by atoms with Crippen LogP contribution in [0.3, 0.4) is 0 Å². The van der Waals surface area contributed by atoms with Crippen LogP contribution in [0.15, 0.2) is 4.42 Å². The number of aryl methyl sites for hydroxylation is 1. The first-order valence-electron chi connectivity index (χ1n) is 6.30. The van der Waals surface area contributed by atoms with Crippen LogP contribution in [0.1, 0.15) is 38.5 Å². The lowest BCUT2D eigenvalue weighted by molar-refractivity contribution is 0.0389. The molecule has 0 radical (unpaired) electrons. The summed E-state index contributed by atoms with van der Waals surface area (Å²) in [5, 5.41) is 17.4. The maximum Gasteiger partial charge on any atom is 0.230 e. The smallest absolute Gasteiger partial charge is 0.230 e. The molecule has 2 heterocycles. The molecule has 1 aromatic rings. The van der Waals surface area contributed by atoms with E-state index >= 15 is 0 Å². The number of nitrogens with zero attached hydrogens (tertiary/aromatic N) is 3. The van der Waals surface area contributed by atoms with Gasteiger partial charge in [0.25, 0.3) is 0 Å². The van der Waals surface area contributed by atoms with Crippen LogP contribution in [0.2, 0.25) is 0 Å². The van der Waals surface area contributed by atoms with Gasteiger partial charge in [-0.25, -0.2) is 0 Å². The molecule has 1 atom stereocenters. The predicted octanol–water partition coefficient (Wildman–Crippen LogP) is 1.23. The Morgan fingerprint density at radius 1 is 1.41 bits per heavy atom. The fourth-order valence-electron chi connectivity index (χ4n) is 2.38. The predicted molar refractivity (Wildman–Crippen MR) is 63.4 cm³/mol. The second-order valence-electron chi connectivity index (χ2n) is 5.23. The number of aliphatic hydroxyl groups is 1. The molecule has 5 nitrogen and oxygen atoms in total. The van der Waals surface area contributed by atoms with Gasteiger partial charge in [-0.15, -0.1) is 10.2 Å². The minimum atomic E-state index is 0.0197. The van der Waals surface area contributed by atoms with E-state index in [0.29, 0.717) is 18.3 Å². The molecule has 17 heavy (non-hydrogen) atoms. The summed E-state index contributed by atoms with van der Waals surface area (Å²) in [6.45, 7) is 7.01. The Kier molecular flexibility index (Phi) is 3.79. The monoisotopic (exact) mass is 239 g/mol. The summed E-state index contributed by atoms with van der Waals surface area (Å²) in [7, 11) is 0. The Labute approximate surface area is 102 Å². The van der Waals surface area contributed by atoms with Crippen LogP contribution in [-0.2, 0) is 13.0 Å². The van der Waals surface area contributed by atoms with E-state index in [9.17, 15) is 5.11 Å². The van der Waals surface area contributed by atoms with Gasteiger partial charge in [-0.2, -0.15) is 0 Å². The Morgan fingerprint density at radius 3 is 2.82 bits per heavy atom. The third-order valence-corrected chi connectivity index (χ3v) is 3.41. The molecular formula is C12H21N3O2. The van der Waals surface area contributed by atoms with Gasteiger partial charge in [-0.05, 0) is 19.4 Å². The lowest BCUT2D eigenvalue weighted by Crippen LogP contribution is -2.43. The van der Waals surface area contributed by atoms with Gasteiger partial charge in [0.15, 0.2) is 0 Å². The van der Waals surface area contributed by atoms with Gasteiger partial charge in [-0.3, -0.25) is 4.90 Å². The highest BCUT2D eigenvalue weighted by Gasteiger charge is 2.30. The summed E-state index contributed by atoms with van der Waals surface area (Å²) in [5.41, 5.74) is 0.0197. The van der Waals surface area contributed by atoms with Crippen molar-refractivity contribution in [2.24, 2.45) is 5.41 Å². The topological polar surface area (TPSA) is 62.4 Å². The molecule has 96 valence electrons. The van der Waals surface area contributed by atoms with Crippen LogP contribution in [0.4, 0.5) is 0 Å². The van der Waals surface area contributed by atoms with Crippen LogP contribution < -0.4 is 0 Å². The average molecular weight is 239 g/mol. The highest BCUT2D eigenvalue weighted by atomic mass is 16.4. The summed E-state index contributed by atoms with van der Waals surface area (Å²) in [4.78, 5) is 2.28. The zero-order valence-corrected chi connectivity index (χ0v) is 10.6. The van der Waals surface area contributed by atoms with Crippen molar-refractivity contribution < 1.29 is 9.52 Å². The van der Waals surface area contributed by atoms with Gasteiger partial charge in [-0.1, -0.05) is 13.8 Å². The van der Waals surface area contributed by atoms with Gasteiger partial charge in [0.1, 0.15) is 0 Å². The molecule has 0 aliphatic carbocycles. The first-order chi connectivity index (χ1) is 8.15. The molecular weight excluding hydrogens is 218 g/mol. The average Bonchev–Trinajstić information content (AvgIpc) is 2.77. The van der Waals surface area contributed by atoms with Crippen molar-refractivity contribution in [2.75, 3.05) is 19.7 Å². The number of piperidine rings is 1. The SMILES string of the molecule is CCc1nnc(CN2CCCC(C)(CO)C2)o1. The van der Waals surface area contributed by atoms with E-state index in [-0.39, 0.29) is 12.0 Å². The molecule has 0 bridgehead atoms. The van der Waals surface area contributed by atoms with E-state index in [2.05, 4.69) is 22.0 Å². The Hall–Kier alpha value is -0.940. The molecule has 0 aromatic carbocycles. The van der Waals surface area contributed by atoms with Crippen LogP contribution in [0, 0.1) is 5.41 Å². The number of hydrogen-bond acceptors (Lipinski definition) is 5. The third-order valence-electron chi connectivity index (χ3n) is 3.41. The highest BCUT2D eigenvalue weighted by Crippen LogP contribution is 2.29. The molecule has 0 amide bonds. The standard InChI is InChI=1S/C12H21N3O2/c1-3-10-13-14-11(17-10)7-15-6-4-5-12(2,8-15)9-16/h16H,3-9H2,1-2H3. The number of rotatable bonds is 4. The van der Waals surface area contributed by atoms with Crippen molar-refractivity contribution in [1.29, 1.82) is 0 Å². The second-order valence-corrected chi connectivity index (χ2v) is 5.23. The first kappa shape index (κ1) is 12.5. The molecule has 1 saturated heterocycles. The maximum absolute atomic E-state index is 9.40. The second kappa shape index (κ2) is 5.14. The Bertz CT molecular complexity index is 366. The van der Waals surface area contributed by atoms with Crippen LogP contribution >= 0.6 is 0 Å². The van der Waals surface area contributed by atoms with Crippen LogP contribution in [-0.4, -0.2) is 39.9 Å². The number of aliphatic hydroxyl groups excluding tert-OH is 1. The molecule has 1 aromatic heterocycles. The number of likely N-dealkylation sites (tertiary alicyclic amines) is 1. The Balaban J connectivity index is 1.94. The van der Waals surface area contributed by atoms with Gasteiger partial charge >= 0.3 is 0 Å². The quantitative estimate of drug-likeness (QED) is 0.856. The van der Waals surface area contributed by atoms with Gasteiger partial charge in [0.2, 0.25) is 11.8 Å². The highest BCUT2D eigenvalue weighted by molar-refractivity contribution is 4.87. The van der Waals surface area contributed by atoms with Crippen LogP contribution in [0.5, 0.6) is 0 Å². The normalized spacial score (nSPS) is 26.3. The molecule has 0 saturated carbocycles. The summed E-state index contributed by atoms with van der Waals surface area (Å²) < 4.78 is 5.51. The van der Waals surface area contributed by atoms with Crippen molar-refractivity contribution in [1.82, 2.24) is 15.1 Å². The lowest BCUT2D eigenvalue weighted by atomic mass is 9.83. The van der Waals surface area contributed by atoms with E-state index in [4.69, 9.17) is 4.42 Å². The van der Waals surface area contributed by atoms with Gasteiger partial charge in [0.05, 0.1) is 6.54 Å². The zero-order valence-electron chi connectivity index (χ0n) is 10.6. The molecule has 5 heteroatoms. The number of aromatic nitrogens is 2. The maximum atomic E-state index is 9.40. The van der Waals surface area contributed by atoms with E-state index in [1.807, 2.05) is 6.92 Å². The lowest BCUT2D eigenvalue weighted by Gasteiger charge is -2.38. The van der Waals surface area contributed by atoms with Crippen molar-refractivity contribution in [3.8, 4) is 0 Å². The third kappa shape index (κ3) is 3.04. The van der Waals surface area contributed by atoms with E-state index < -0.39 is 0 Å². The minimum Gasteiger partial charge on any atom is -0.424 e. The number of hydrogen-bond donors (Lipinski definition) is 1. The summed E-state index contributed by atoms with van der Waals surface area (Å²) in [6.07, 6.45) is 2.98. The summed E-state index contributed by atoms with van der Waals surface area (Å²) in [6, 6.07) is 0. The molecule has 0 spiro atoms. The van der Waals surface area contributed by atoms with Crippen LogP contribution in [0.25, 0.3) is 0 Å². The van der Waals surface area contributed by atoms with Crippen molar-refractivity contribution >= 4 is 0 Å². The molecule has 1 unspecified atom stereocenters. The van der Waals surface area contributed by atoms with Crippen molar-refractivity contribution in [3.05, 3.63) is 11.8 Å². The molecule has 2 rings (SSSR count). The molecule has 1 fully saturated rings. The first-order valence-corrected chi connectivity index (χ1v) is 6.30. The minimum absolute atomic E-state index is 0.0197. The van der Waals surface area contributed by atoms with Crippen molar-refractivity contribution in [2.45, 2.75) is 39.7 Å². The fourth-order valence-corrected chi connectivity index (χ4v) is 2.38. The largest absolute Gasteiger partial charge is 0.424 e. The molecule has 1 aliphatic heterocycles. The van der Waals surface area contributed by atoms with Crippen molar-refractivity contribution in [3.63, 3.8) is 0 Å². The van der Waals surface area contributed by atoms with E-state index in [1.165, 1.54) is 0 Å². The Morgan fingerprint density at radius 2 is 2.18 bits per heavy atom. The van der Waals surface area contributed by atoms with Gasteiger partial charge < -0.3 is 9.52 Å². The van der Waals surface area contributed by atoms with E-state index in [0.717, 1.165) is 32.4 Å².